The van der Waals surface area contributed by atoms with Crippen molar-refractivity contribution in [3.63, 3.8) is 0 Å². The van der Waals surface area contributed by atoms with Crippen LogP contribution < -0.4 is 10.9 Å². The second-order valence-electron chi connectivity index (χ2n) is 6.21. The lowest BCUT2D eigenvalue weighted by Crippen LogP contribution is -2.42. The van der Waals surface area contributed by atoms with Crippen molar-refractivity contribution >= 4 is 34.9 Å². The van der Waals surface area contributed by atoms with Crippen LogP contribution in [0.4, 0.5) is 0 Å². The average Bonchev–Trinajstić information content (AvgIpc) is 3.49. The van der Waals surface area contributed by atoms with E-state index in [1.54, 1.807) is 23.7 Å². The van der Waals surface area contributed by atoms with Crippen LogP contribution in [-0.4, -0.2) is 27.0 Å². The maximum atomic E-state index is 12.6. The number of amides is 2. The summed E-state index contributed by atoms with van der Waals surface area (Å²) in [5.41, 5.74) is 9.91. The molecule has 0 unspecified atom stereocenters. The first-order valence-corrected chi connectivity index (χ1v) is 10.9. The fourth-order valence-electron chi connectivity index (χ4n) is 2.68. The van der Waals surface area contributed by atoms with Crippen molar-refractivity contribution in [3.8, 4) is 11.3 Å². The summed E-state index contributed by atoms with van der Waals surface area (Å²) >= 11 is 3.05. The van der Waals surface area contributed by atoms with Crippen molar-refractivity contribution in [2.24, 2.45) is 0 Å². The Morgan fingerprint density at radius 2 is 1.77 bits per heavy atom. The number of nitrogens with zero attached hydrogens (tertiary/aromatic N) is 2. The number of nitrogens with one attached hydrogen (secondary N) is 3. The average molecular weight is 436 g/mol. The van der Waals surface area contributed by atoms with Crippen LogP contribution in [0.25, 0.3) is 11.3 Å². The van der Waals surface area contributed by atoms with Crippen LogP contribution in [0.15, 0.2) is 76.4 Å². The fraction of sp³-hybridized carbons (Fsp3) is 0.0476. The smallest absolute Gasteiger partial charge is 0.272 e. The van der Waals surface area contributed by atoms with Gasteiger partial charge in [0, 0.05) is 21.6 Å². The van der Waals surface area contributed by atoms with E-state index in [9.17, 15) is 9.59 Å². The van der Waals surface area contributed by atoms with Gasteiger partial charge in [-0.15, -0.1) is 23.1 Å². The normalized spacial score (nSPS) is 10.5. The van der Waals surface area contributed by atoms with Crippen LogP contribution in [-0.2, 0) is 5.75 Å². The molecule has 30 heavy (non-hydrogen) atoms. The number of hydrazine groups is 1. The van der Waals surface area contributed by atoms with Crippen LogP contribution in [0.3, 0.4) is 0 Å². The van der Waals surface area contributed by atoms with Gasteiger partial charge in [-0.2, -0.15) is 5.10 Å². The quantitative estimate of drug-likeness (QED) is 0.315. The number of H-pyrrole nitrogens is 1. The molecule has 0 bridgehead atoms. The Labute approximate surface area is 180 Å². The lowest BCUT2D eigenvalue weighted by molar-refractivity contribution is 0.0842. The molecule has 0 saturated heterocycles. The Balaban J connectivity index is 1.38. The zero-order chi connectivity index (χ0) is 20.8. The SMILES string of the molecule is O=C(NNC(=O)c1ccccc1SCc1cscn1)c1cc(-c2ccccc2)n[nH]1. The predicted octanol–water partition coefficient (Wildman–Crippen LogP) is 3.90. The largest absolute Gasteiger partial charge is 0.287 e. The molecule has 2 aromatic carbocycles. The Kier molecular flexibility index (Phi) is 6.21. The van der Waals surface area contributed by atoms with Gasteiger partial charge in [0.25, 0.3) is 11.8 Å². The maximum absolute atomic E-state index is 12.6. The number of thiazole rings is 1. The molecule has 2 amide bonds. The third-order valence-electron chi connectivity index (χ3n) is 4.17. The number of hydrogen-bond donors (Lipinski definition) is 3. The molecule has 2 heterocycles. The first-order valence-electron chi connectivity index (χ1n) is 9.01. The van der Waals surface area contributed by atoms with Crippen LogP contribution >= 0.6 is 23.1 Å². The molecule has 0 saturated carbocycles. The van der Waals surface area contributed by atoms with E-state index in [1.807, 2.05) is 47.8 Å². The zero-order valence-corrected chi connectivity index (χ0v) is 17.3. The van der Waals surface area contributed by atoms with E-state index >= 15 is 0 Å². The highest BCUT2D eigenvalue weighted by molar-refractivity contribution is 7.98. The second-order valence-corrected chi connectivity index (χ2v) is 7.94. The Hall–Kier alpha value is -3.43. The summed E-state index contributed by atoms with van der Waals surface area (Å²) in [5, 5.41) is 8.82. The molecule has 0 radical (unpaired) electrons. The summed E-state index contributed by atoms with van der Waals surface area (Å²) in [7, 11) is 0. The molecule has 0 fully saturated rings. The van der Waals surface area contributed by atoms with Crippen LogP contribution in [0.1, 0.15) is 26.5 Å². The first kappa shape index (κ1) is 19.9. The maximum Gasteiger partial charge on any atom is 0.287 e. The van der Waals surface area contributed by atoms with Gasteiger partial charge in [-0.3, -0.25) is 25.5 Å². The monoisotopic (exact) mass is 435 g/mol. The van der Waals surface area contributed by atoms with Crippen LogP contribution in [0.5, 0.6) is 0 Å². The molecule has 0 aliphatic carbocycles. The number of aromatic nitrogens is 3. The number of carbonyl (C=O) groups is 2. The molecule has 0 spiro atoms. The Morgan fingerprint density at radius 3 is 2.57 bits per heavy atom. The molecule has 3 N–H and O–H groups in total. The Morgan fingerprint density at radius 1 is 1.00 bits per heavy atom. The van der Waals surface area contributed by atoms with Crippen LogP contribution in [0, 0.1) is 0 Å². The van der Waals surface area contributed by atoms with Crippen LogP contribution in [0.2, 0.25) is 0 Å². The predicted molar refractivity (Wildman–Crippen MR) is 117 cm³/mol. The van der Waals surface area contributed by atoms with Gasteiger partial charge in [0.05, 0.1) is 22.5 Å². The van der Waals surface area contributed by atoms with Gasteiger partial charge in [-0.1, -0.05) is 42.5 Å². The number of benzene rings is 2. The summed E-state index contributed by atoms with van der Waals surface area (Å²) in [6.45, 7) is 0. The molecular formula is C21H17N5O2S2. The van der Waals surface area contributed by atoms with Crippen molar-refractivity contribution in [1.82, 2.24) is 26.0 Å². The molecule has 9 heteroatoms. The molecule has 0 aliphatic heterocycles. The first-order chi connectivity index (χ1) is 14.7. The van der Waals surface area contributed by atoms with Crippen molar-refractivity contribution < 1.29 is 9.59 Å². The minimum absolute atomic E-state index is 0.250. The highest BCUT2D eigenvalue weighted by Gasteiger charge is 2.15. The van der Waals surface area contributed by atoms with Gasteiger partial charge in [-0.05, 0) is 18.2 Å². The molecule has 0 aliphatic rings. The summed E-state index contributed by atoms with van der Waals surface area (Å²) in [5.74, 6) is -0.213. The second kappa shape index (κ2) is 9.38. The summed E-state index contributed by atoms with van der Waals surface area (Å²) in [6, 6.07) is 18.4. The number of thioether (sulfide) groups is 1. The standard InChI is InChI=1S/C21H17N5O2S2/c27-20(16-8-4-5-9-19(16)30-12-15-11-29-13-22-15)25-26-21(28)18-10-17(23-24-18)14-6-2-1-3-7-14/h1-11,13H,12H2,(H,23,24)(H,25,27)(H,26,28). The van der Waals surface area contributed by atoms with Crippen molar-refractivity contribution in [3.05, 3.63) is 88.5 Å². The van der Waals surface area contributed by atoms with E-state index in [1.165, 1.54) is 23.1 Å². The minimum atomic E-state index is -0.481. The van der Waals surface area contributed by atoms with Gasteiger partial charge in [0.1, 0.15) is 5.69 Å². The van der Waals surface area contributed by atoms with E-state index < -0.39 is 11.8 Å². The van der Waals surface area contributed by atoms with Gasteiger partial charge in [0.15, 0.2) is 0 Å². The molecule has 4 rings (SSSR count). The van der Waals surface area contributed by atoms with E-state index in [-0.39, 0.29) is 5.69 Å². The van der Waals surface area contributed by atoms with E-state index in [0.717, 1.165) is 16.2 Å². The number of aromatic amines is 1. The lowest BCUT2D eigenvalue weighted by atomic mass is 10.1. The molecule has 7 nitrogen and oxygen atoms in total. The number of carbonyl (C=O) groups excluding carboxylic acids is 2. The van der Waals surface area contributed by atoms with Gasteiger partial charge < -0.3 is 0 Å². The summed E-state index contributed by atoms with van der Waals surface area (Å²) < 4.78 is 0. The third kappa shape index (κ3) is 4.76. The zero-order valence-electron chi connectivity index (χ0n) is 15.7. The molecule has 2 aromatic heterocycles. The molecule has 0 atom stereocenters. The number of hydrogen-bond acceptors (Lipinski definition) is 6. The third-order valence-corrected chi connectivity index (χ3v) is 5.91. The number of rotatable bonds is 6. The minimum Gasteiger partial charge on any atom is -0.272 e. The van der Waals surface area contributed by atoms with Gasteiger partial charge in [0.2, 0.25) is 0 Å². The molecular weight excluding hydrogens is 418 g/mol. The van der Waals surface area contributed by atoms with Crippen molar-refractivity contribution in [2.45, 2.75) is 10.6 Å². The summed E-state index contributed by atoms with van der Waals surface area (Å²) in [4.78, 5) is 30.1. The van der Waals surface area contributed by atoms with E-state index in [2.05, 4.69) is 26.0 Å². The Bertz CT molecular complexity index is 1140. The summed E-state index contributed by atoms with van der Waals surface area (Å²) in [6.07, 6.45) is 0. The lowest BCUT2D eigenvalue weighted by Gasteiger charge is -2.10. The van der Waals surface area contributed by atoms with Crippen molar-refractivity contribution in [1.29, 1.82) is 0 Å². The van der Waals surface area contributed by atoms with Gasteiger partial charge in [-0.25, -0.2) is 4.98 Å². The topological polar surface area (TPSA) is 99.8 Å². The highest BCUT2D eigenvalue weighted by atomic mass is 32.2. The van der Waals surface area contributed by atoms with Crippen molar-refractivity contribution in [2.75, 3.05) is 0 Å². The van der Waals surface area contributed by atoms with E-state index in [0.29, 0.717) is 17.0 Å². The van der Waals surface area contributed by atoms with Gasteiger partial charge >= 0.3 is 0 Å². The van der Waals surface area contributed by atoms with E-state index in [4.69, 9.17) is 0 Å². The molecule has 4 aromatic rings. The highest BCUT2D eigenvalue weighted by Crippen LogP contribution is 2.26. The fourth-order valence-corrected chi connectivity index (χ4v) is 4.30. The molecule has 150 valence electrons.